The van der Waals surface area contributed by atoms with Gasteiger partial charge in [-0.15, -0.1) is 11.3 Å². The number of fused-ring (bicyclic) bond motifs is 5. The molecule has 3 heterocycles. The minimum atomic E-state index is 0.585. The van der Waals surface area contributed by atoms with Gasteiger partial charge >= 0.3 is 0 Å². The normalized spacial score (nSPS) is 11.4. The van der Waals surface area contributed by atoms with Gasteiger partial charge in [-0.25, -0.2) is 9.97 Å². The molecule has 0 spiro atoms. The van der Waals surface area contributed by atoms with E-state index in [0.717, 1.165) is 100.0 Å². The Kier molecular flexibility index (Phi) is 10.2. The summed E-state index contributed by atoms with van der Waals surface area (Å²) < 4.78 is 14.8. The molecule has 13 rings (SSSR count). The number of anilines is 9. The second-order valence-corrected chi connectivity index (χ2v) is 18.1. The lowest BCUT2D eigenvalue weighted by Gasteiger charge is -2.30. The molecule has 0 saturated heterocycles. The Labute approximate surface area is 408 Å². The van der Waals surface area contributed by atoms with Gasteiger partial charge in [-0.1, -0.05) is 103 Å². The standard InChI is InChI=1S/C62H41N5O2S/c1-5-19-44(20-6-1)65(48-34-32-42(33-35-48)61-63-53-28-13-15-30-56(53)68-61)51-40-55(67(46-23-9-3-10-24-46)47-25-11-4-12-26-47)60-52-39-50(36-37-58(52)70-59(60)41-51)66(45-21-7-2-8-22-45)49-27-17-18-43(38-49)62-64-54-29-14-16-31-57(54)69-62/h1-41H. The first-order valence-electron chi connectivity index (χ1n) is 23.2. The average molecular weight is 920 g/mol. The molecule has 0 fully saturated rings. The third kappa shape index (κ3) is 7.49. The van der Waals surface area contributed by atoms with E-state index in [-0.39, 0.29) is 0 Å². The van der Waals surface area contributed by atoms with Crippen LogP contribution in [-0.4, -0.2) is 9.97 Å². The van der Waals surface area contributed by atoms with Gasteiger partial charge in [0.05, 0.1) is 5.69 Å². The van der Waals surface area contributed by atoms with Crippen molar-refractivity contribution in [3.63, 3.8) is 0 Å². The highest BCUT2D eigenvalue weighted by Gasteiger charge is 2.24. The molecule has 0 N–H and O–H groups in total. The summed E-state index contributed by atoms with van der Waals surface area (Å²) in [4.78, 5) is 16.7. The van der Waals surface area contributed by atoms with Crippen LogP contribution < -0.4 is 14.7 Å². The van der Waals surface area contributed by atoms with Crippen molar-refractivity contribution in [3.05, 3.63) is 249 Å². The Bertz CT molecular complexity index is 3860. The lowest BCUT2D eigenvalue weighted by Crippen LogP contribution is -2.13. The van der Waals surface area contributed by atoms with Gasteiger partial charge in [0.2, 0.25) is 11.8 Å². The van der Waals surface area contributed by atoms with E-state index >= 15 is 0 Å². The summed E-state index contributed by atoms with van der Waals surface area (Å²) in [6, 6.07) is 86.7. The van der Waals surface area contributed by atoms with Crippen LogP contribution in [0.2, 0.25) is 0 Å². The Morgan fingerprint density at radius 1 is 0.314 bits per heavy atom. The molecule has 70 heavy (non-hydrogen) atoms. The van der Waals surface area contributed by atoms with E-state index in [2.05, 4.69) is 215 Å². The fourth-order valence-corrected chi connectivity index (χ4v) is 10.6. The number of nitrogens with zero attached hydrogens (tertiary/aromatic N) is 5. The first-order chi connectivity index (χ1) is 34.7. The van der Waals surface area contributed by atoms with Crippen LogP contribution in [-0.2, 0) is 0 Å². The fraction of sp³-hybridized carbons (Fsp3) is 0. The molecule has 0 aliphatic heterocycles. The van der Waals surface area contributed by atoms with Crippen LogP contribution >= 0.6 is 11.3 Å². The van der Waals surface area contributed by atoms with Crippen LogP contribution in [0.3, 0.4) is 0 Å². The Hall–Kier alpha value is -9.24. The van der Waals surface area contributed by atoms with Crippen molar-refractivity contribution < 1.29 is 8.83 Å². The molecule has 0 amide bonds. The molecule has 0 aliphatic rings. The van der Waals surface area contributed by atoms with Crippen LogP contribution in [0.5, 0.6) is 0 Å². The van der Waals surface area contributed by atoms with Crippen molar-refractivity contribution in [1.82, 2.24) is 9.97 Å². The lowest BCUT2D eigenvalue weighted by atomic mass is 10.0. The van der Waals surface area contributed by atoms with E-state index in [1.165, 1.54) is 4.70 Å². The topological polar surface area (TPSA) is 61.8 Å². The SMILES string of the molecule is c1ccc(N(c2ccc(-c3nc4ccccc4o3)cc2)c2cc(N(c3ccccc3)c3ccccc3)c3c(c2)sc2ccc(N(c4ccccc4)c4cccc(-c5nc6ccccc6o5)c4)cc23)cc1. The largest absolute Gasteiger partial charge is 0.436 e. The maximum atomic E-state index is 6.28. The van der Waals surface area contributed by atoms with Crippen LogP contribution in [0.1, 0.15) is 0 Å². The quantitative estimate of drug-likeness (QED) is 0.128. The van der Waals surface area contributed by atoms with Gasteiger partial charge in [-0.2, -0.15) is 0 Å². The first kappa shape index (κ1) is 41.0. The smallest absolute Gasteiger partial charge is 0.227 e. The van der Waals surface area contributed by atoms with E-state index in [9.17, 15) is 0 Å². The number of oxazole rings is 2. The first-order valence-corrected chi connectivity index (χ1v) is 24.0. The van der Waals surface area contributed by atoms with Crippen LogP contribution in [0.15, 0.2) is 258 Å². The summed E-state index contributed by atoms with van der Waals surface area (Å²) in [6.45, 7) is 0. The number of para-hydroxylation sites is 8. The summed E-state index contributed by atoms with van der Waals surface area (Å²) in [5.41, 5.74) is 14.3. The van der Waals surface area contributed by atoms with Crippen molar-refractivity contribution in [2.75, 3.05) is 14.7 Å². The maximum absolute atomic E-state index is 6.28. The summed E-state index contributed by atoms with van der Waals surface area (Å²) in [5.74, 6) is 1.18. The van der Waals surface area contributed by atoms with Gasteiger partial charge in [-0.3, -0.25) is 0 Å². The van der Waals surface area contributed by atoms with Crippen molar-refractivity contribution in [2.45, 2.75) is 0 Å². The molecule has 0 radical (unpaired) electrons. The van der Waals surface area contributed by atoms with Crippen LogP contribution in [0, 0.1) is 0 Å². The zero-order valence-electron chi connectivity index (χ0n) is 37.6. The third-order valence-corrected chi connectivity index (χ3v) is 13.8. The maximum Gasteiger partial charge on any atom is 0.227 e. The summed E-state index contributed by atoms with van der Waals surface area (Å²) in [6.07, 6.45) is 0. The zero-order chi connectivity index (χ0) is 46.4. The van der Waals surface area contributed by atoms with Gasteiger partial charge in [0, 0.05) is 76.8 Å². The molecule has 0 aliphatic carbocycles. The van der Waals surface area contributed by atoms with E-state index in [0.29, 0.717) is 11.8 Å². The molecule has 8 heteroatoms. The zero-order valence-corrected chi connectivity index (χ0v) is 38.4. The number of hydrogen-bond donors (Lipinski definition) is 0. The number of aromatic nitrogens is 2. The molecule has 0 bridgehead atoms. The van der Waals surface area contributed by atoms with Gasteiger partial charge in [0.1, 0.15) is 11.0 Å². The predicted octanol–water partition coefficient (Wildman–Crippen LogP) is 18.1. The molecule has 0 unspecified atom stereocenters. The highest BCUT2D eigenvalue weighted by Crippen LogP contribution is 2.50. The third-order valence-electron chi connectivity index (χ3n) is 12.6. The minimum Gasteiger partial charge on any atom is -0.436 e. The van der Waals surface area contributed by atoms with Gasteiger partial charge in [0.25, 0.3) is 0 Å². The second kappa shape index (κ2) is 17.4. The Morgan fingerprint density at radius 2 is 0.771 bits per heavy atom. The second-order valence-electron chi connectivity index (χ2n) is 17.0. The van der Waals surface area contributed by atoms with E-state index in [1.54, 1.807) is 0 Å². The highest BCUT2D eigenvalue weighted by molar-refractivity contribution is 7.26. The van der Waals surface area contributed by atoms with E-state index in [1.807, 2.05) is 59.9 Å². The van der Waals surface area contributed by atoms with E-state index in [4.69, 9.17) is 18.8 Å². The number of rotatable bonds is 11. The molecule has 10 aromatic carbocycles. The van der Waals surface area contributed by atoms with Crippen LogP contribution in [0.4, 0.5) is 51.2 Å². The fourth-order valence-electron chi connectivity index (χ4n) is 9.46. The van der Waals surface area contributed by atoms with Crippen molar-refractivity contribution in [1.29, 1.82) is 0 Å². The monoisotopic (exact) mass is 919 g/mol. The molecular formula is C62H41N5O2S. The van der Waals surface area contributed by atoms with Crippen LogP contribution in [0.25, 0.3) is 65.3 Å². The number of thiophene rings is 1. The van der Waals surface area contributed by atoms with Gasteiger partial charge in [-0.05, 0) is 146 Å². The van der Waals surface area contributed by atoms with E-state index < -0.39 is 0 Å². The Morgan fingerprint density at radius 3 is 1.34 bits per heavy atom. The predicted molar refractivity (Wildman–Crippen MR) is 289 cm³/mol. The molecular weight excluding hydrogens is 879 g/mol. The van der Waals surface area contributed by atoms with Crippen molar-refractivity contribution >= 4 is 105 Å². The molecule has 7 nitrogen and oxygen atoms in total. The summed E-state index contributed by atoms with van der Waals surface area (Å²) in [5, 5.41) is 2.31. The number of hydrogen-bond acceptors (Lipinski definition) is 8. The molecule has 13 aromatic rings. The molecule has 0 atom stereocenters. The highest BCUT2D eigenvalue weighted by atomic mass is 32.1. The van der Waals surface area contributed by atoms with Gasteiger partial charge < -0.3 is 23.5 Å². The molecule has 3 aromatic heterocycles. The minimum absolute atomic E-state index is 0.585. The van der Waals surface area contributed by atoms with Crippen molar-refractivity contribution in [2.24, 2.45) is 0 Å². The summed E-state index contributed by atoms with van der Waals surface area (Å²) >= 11 is 1.81. The molecule has 332 valence electrons. The van der Waals surface area contributed by atoms with Gasteiger partial charge in [0.15, 0.2) is 11.2 Å². The lowest BCUT2D eigenvalue weighted by molar-refractivity contribution is 0.619. The summed E-state index contributed by atoms with van der Waals surface area (Å²) in [7, 11) is 0. The molecule has 0 saturated carbocycles. The number of benzene rings is 10. The average Bonchev–Trinajstić information content (AvgIpc) is 4.16. The Balaban J connectivity index is 1.01. The van der Waals surface area contributed by atoms with Crippen molar-refractivity contribution in [3.8, 4) is 22.9 Å².